The molecule has 0 aliphatic rings. The summed E-state index contributed by atoms with van der Waals surface area (Å²) in [6.07, 6.45) is 1.70. The number of nitrogens with one attached hydrogen (secondary N) is 1. The summed E-state index contributed by atoms with van der Waals surface area (Å²) in [5.74, 6) is 1.73. The number of benzene rings is 1. The molecule has 0 unspecified atom stereocenters. The topological polar surface area (TPSA) is 52.0 Å². The molecular weight excluding hydrogens is 228 g/mol. The Kier molecular flexibility index (Phi) is 3.94. The van der Waals surface area contributed by atoms with Crippen LogP contribution in [0, 0.1) is 6.92 Å². The molecule has 1 heterocycles. The van der Waals surface area contributed by atoms with Crippen molar-refractivity contribution in [3.63, 3.8) is 0 Å². The van der Waals surface area contributed by atoms with Gasteiger partial charge in [-0.05, 0) is 24.1 Å². The standard InChI is InChI=1S/C13H18N4O/c1-10-6-11(4-5-12(10)18-3)7-14-8-13-15-9-17(2)16-13/h4-6,9,14H,7-8H2,1-3H3. The lowest BCUT2D eigenvalue weighted by Gasteiger charge is -2.07. The van der Waals surface area contributed by atoms with E-state index in [0.717, 1.165) is 23.7 Å². The molecule has 0 atom stereocenters. The van der Waals surface area contributed by atoms with Crippen LogP contribution in [0.4, 0.5) is 0 Å². The van der Waals surface area contributed by atoms with Gasteiger partial charge in [0.25, 0.3) is 0 Å². The van der Waals surface area contributed by atoms with Crippen LogP contribution in [-0.2, 0) is 20.1 Å². The number of nitrogens with zero attached hydrogens (tertiary/aromatic N) is 3. The van der Waals surface area contributed by atoms with Gasteiger partial charge in [-0.2, -0.15) is 5.10 Å². The number of ether oxygens (including phenoxy) is 1. The quantitative estimate of drug-likeness (QED) is 0.867. The van der Waals surface area contributed by atoms with E-state index in [1.54, 1.807) is 18.1 Å². The number of aromatic nitrogens is 3. The van der Waals surface area contributed by atoms with Gasteiger partial charge in [0.1, 0.15) is 12.1 Å². The third-order valence-electron chi connectivity index (χ3n) is 2.72. The molecule has 0 aliphatic carbocycles. The van der Waals surface area contributed by atoms with Crippen LogP contribution in [0.25, 0.3) is 0 Å². The highest BCUT2D eigenvalue weighted by Gasteiger charge is 2.01. The molecule has 5 nitrogen and oxygen atoms in total. The van der Waals surface area contributed by atoms with Crippen molar-refractivity contribution >= 4 is 0 Å². The van der Waals surface area contributed by atoms with E-state index in [4.69, 9.17) is 4.74 Å². The van der Waals surface area contributed by atoms with Gasteiger partial charge < -0.3 is 10.1 Å². The largest absolute Gasteiger partial charge is 0.496 e. The third-order valence-corrected chi connectivity index (χ3v) is 2.72. The van der Waals surface area contributed by atoms with Crippen molar-refractivity contribution in [3.05, 3.63) is 41.5 Å². The first-order valence-corrected chi connectivity index (χ1v) is 5.88. The minimum absolute atomic E-state index is 0.673. The van der Waals surface area contributed by atoms with E-state index in [9.17, 15) is 0 Å². The molecule has 96 valence electrons. The van der Waals surface area contributed by atoms with Crippen LogP contribution >= 0.6 is 0 Å². The molecule has 0 radical (unpaired) electrons. The van der Waals surface area contributed by atoms with E-state index >= 15 is 0 Å². The fourth-order valence-corrected chi connectivity index (χ4v) is 1.83. The number of methoxy groups -OCH3 is 1. The molecule has 5 heteroatoms. The van der Waals surface area contributed by atoms with Crippen LogP contribution in [0.3, 0.4) is 0 Å². The molecule has 18 heavy (non-hydrogen) atoms. The van der Waals surface area contributed by atoms with Crippen LogP contribution in [-0.4, -0.2) is 21.9 Å². The summed E-state index contributed by atoms with van der Waals surface area (Å²) >= 11 is 0. The Morgan fingerprint density at radius 3 is 2.78 bits per heavy atom. The first kappa shape index (κ1) is 12.6. The van der Waals surface area contributed by atoms with Crippen molar-refractivity contribution in [3.8, 4) is 5.75 Å². The lowest BCUT2D eigenvalue weighted by atomic mass is 10.1. The summed E-state index contributed by atoms with van der Waals surface area (Å²) in [4.78, 5) is 4.16. The van der Waals surface area contributed by atoms with E-state index in [1.807, 2.05) is 20.0 Å². The Morgan fingerprint density at radius 2 is 2.17 bits per heavy atom. The van der Waals surface area contributed by atoms with Crippen LogP contribution in [0.2, 0.25) is 0 Å². The fraction of sp³-hybridized carbons (Fsp3) is 0.385. The Hall–Kier alpha value is -1.88. The van der Waals surface area contributed by atoms with E-state index in [0.29, 0.717) is 6.54 Å². The van der Waals surface area contributed by atoms with Crippen LogP contribution in [0.1, 0.15) is 17.0 Å². The van der Waals surface area contributed by atoms with Gasteiger partial charge in [0.2, 0.25) is 0 Å². The molecule has 0 aliphatic heterocycles. The summed E-state index contributed by atoms with van der Waals surface area (Å²) in [6, 6.07) is 6.17. The highest BCUT2D eigenvalue weighted by molar-refractivity contribution is 5.36. The second-order valence-corrected chi connectivity index (χ2v) is 4.24. The monoisotopic (exact) mass is 246 g/mol. The van der Waals surface area contributed by atoms with Gasteiger partial charge >= 0.3 is 0 Å². The van der Waals surface area contributed by atoms with Crippen molar-refractivity contribution < 1.29 is 4.74 Å². The number of hydrogen-bond donors (Lipinski definition) is 1. The lowest BCUT2D eigenvalue weighted by molar-refractivity contribution is 0.411. The van der Waals surface area contributed by atoms with Crippen LogP contribution in [0.5, 0.6) is 5.75 Å². The maximum Gasteiger partial charge on any atom is 0.164 e. The third kappa shape index (κ3) is 3.07. The number of rotatable bonds is 5. The molecule has 0 spiro atoms. The van der Waals surface area contributed by atoms with Gasteiger partial charge in [0.15, 0.2) is 5.82 Å². The first-order chi connectivity index (χ1) is 8.69. The smallest absolute Gasteiger partial charge is 0.164 e. The summed E-state index contributed by atoms with van der Waals surface area (Å²) < 4.78 is 6.94. The van der Waals surface area contributed by atoms with E-state index in [1.165, 1.54) is 5.56 Å². The predicted octanol–water partition coefficient (Wildman–Crippen LogP) is 1.42. The minimum atomic E-state index is 0.673. The van der Waals surface area contributed by atoms with Crippen molar-refractivity contribution in [2.45, 2.75) is 20.0 Å². The van der Waals surface area contributed by atoms with E-state index in [-0.39, 0.29) is 0 Å². The predicted molar refractivity (Wildman–Crippen MR) is 69.3 cm³/mol. The number of hydrogen-bond acceptors (Lipinski definition) is 4. The van der Waals surface area contributed by atoms with Crippen molar-refractivity contribution in [2.24, 2.45) is 7.05 Å². The zero-order chi connectivity index (χ0) is 13.0. The van der Waals surface area contributed by atoms with Crippen molar-refractivity contribution in [1.82, 2.24) is 20.1 Å². The molecule has 2 aromatic rings. The fourth-order valence-electron chi connectivity index (χ4n) is 1.83. The summed E-state index contributed by atoms with van der Waals surface area (Å²) in [7, 11) is 3.55. The molecule has 2 rings (SSSR count). The summed E-state index contributed by atoms with van der Waals surface area (Å²) in [5, 5.41) is 7.53. The minimum Gasteiger partial charge on any atom is -0.496 e. The van der Waals surface area contributed by atoms with Crippen molar-refractivity contribution in [2.75, 3.05) is 7.11 Å². The Morgan fingerprint density at radius 1 is 1.33 bits per heavy atom. The average molecular weight is 246 g/mol. The van der Waals surface area contributed by atoms with Gasteiger partial charge in [0, 0.05) is 13.6 Å². The van der Waals surface area contributed by atoms with Crippen LogP contribution < -0.4 is 10.1 Å². The molecule has 1 aromatic carbocycles. The van der Waals surface area contributed by atoms with E-state index < -0.39 is 0 Å². The molecule has 1 N–H and O–H groups in total. The lowest BCUT2D eigenvalue weighted by Crippen LogP contribution is -2.14. The molecule has 0 saturated heterocycles. The summed E-state index contributed by atoms with van der Waals surface area (Å²) in [6.45, 7) is 3.51. The molecular formula is C13H18N4O. The van der Waals surface area contributed by atoms with E-state index in [2.05, 4.69) is 27.5 Å². The van der Waals surface area contributed by atoms with Gasteiger partial charge in [-0.25, -0.2) is 4.98 Å². The van der Waals surface area contributed by atoms with Crippen molar-refractivity contribution in [1.29, 1.82) is 0 Å². The molecule has 0 amide bonds. The van der Waals surface area contributed by atoms with Gasteiger partial charge in [-0.1, -0.05) is 12.1 Å². The Labute approximate surface area is 107 Å². The molecule has 1 aromatic heterocycles. The summed E-state index contributed by atoms with van der Waals surface area (Å²) in [5.41, 5.74) is 2.37. The second-order valence-electron chi connectivity index (χ2n) is 4.24. The molecule has 0 fully saturated rings. The SMILES string of the molecule is COc1ccc(CNCc2ncn(C)n2)cc1C. The highest BCUT2D eigenvalue weighted by Crippen LogP contribution is 2.18. The first-order valence-electron chi connectivity index (χ1n) is 5.88. The van der Waals surface area contributed by atoms with Gasteiger partial charge in [-0.3, -0.25) is 4.68 Å². The maximum atomic E-state index is 5.23. The second kappa shape index (κ2) is 5.64. The van der Waals surface area contributed by atoms with Gasteiger partial charge in [0.05, 0.1) is 13.7 Å². The maximum absolute atomic E-state index is 5.23. The molecule has 0 bridgehead atoms. The Balaban J connectivity index is 1.88. The normalized spacial score (nSPS) is 10.6. The zero-order valence-corrected chi connectivity index (χ0v) is 11.0. The van der Waals surface area contributed by atoms with Gasteiger partial charge in [-0.15, -0.1) is 0 Å². The zero-order valence-electron chi connectivity index (χ0n) is 11.0. The Bertz CT molecular complexity index is 521. The van der Waals surface area contributed by atoms with Crippen LogP contribution in [0.15, 0.2) is 24.5 Å². The number of aryl methyl sites for hydroxylation is 2. The molecule has 0 saturated carbocycles. The average Bonchev–Trinajstić information content (AvgIpc) is 2.75. The highest BCUT2D eigenvalue weighted by atomic mass is 16.5.